The van der Waals surface area contributed by atoms with Crippen molar-refractivity contribution in [3.05, 3.63) is 60.2 Å². The smallest absolute Gasteiger partial charge is 0.429 e. The number of rotatable bonds is 4. The van der Waals surface area contributed by atoms with Crippen molar-refractivity contribution in [2.45, 2.75) is 25.2 Å². The predicted octanol–water partition coefficient (Wildman–Crippen LogP) is 3.19. The lowest BCUT2D eigenvalue weighted by atomic mass is 9.91. The molecule has 22 heavy (non-hydrogen) atoms. The van der Waals surface area contributed by atoms with Gasteiger partial charge in [0.05, 0.1) is 0 Å². The predicted molar refractivity (Wildman–Crippen MR) is 82.5 cm³/mol. The Kier molecular flexibility index (Phi) is 4.71. The van der Waals surface area contributed by atoms with Crippen molar-refractivity contribution < 1.29 is 22.1 Å². The normalized spacial score (nSPS) is 24.0. The van der Waals surface area contributed by atoms with Gasteiger partial charge in [0.2, 0.25) is 0 Å². The van der Waals surface area contributed by atoms with Crippen molar-refractivity contribution in [1.29, 1.82) is 0 Å². The molecule has 2 unspecified atom stereocenters. The maximum atomic E-state index is 12.3. The molecule has 1 aromatic carbocycles. The van der Waals surface area contributed by atoms with Crippen LogP contribution >= 0.6 is 0 Å². The highest BCUT2D eigenvalue weighted by Gasteiger charge is 2.45. The summed E-state index contributed by atoms with van der Waals surface area (Å²) >= 11 is 0. The fourth-order valence-electron chi connectivity index (χ4n) is 2.05. The summed E-state index contributed by atoms with van der Waals surface area (Å²) in [7, 11) is -4.15. The van der Waals surface area contributed by atoms with Crippen LogP contribution in [0.2, 0.25) is 0 Å². The fourth-order valence-corrected chi connectivity index (χ4v) is 3.24. The molecular formula is C16H18O5S. The van der Waals surface area contributed by atoms with Gasteiger partial charge in [-0.15, -0.1) is 0 Å². The molecule has 5 nitrogen and oxygen atoms in total. The molecule has 6 heteroatoms. The molecule has 1 aliphatic rings. The van der Waals surface area contributed by atoms with Crippen LogP contribution in [0.5, 0.6) is 0 Å². The van der Waals surface area contributed by atoms with Crippen molar-refractivity contribution in [1.82, 2.24) is 0 Å². The molecule has 0 heterocycles. The summed E-state index contributed by atoms with van der Waals surface area (Å²) in [4.78, 5) is 11.7. The van der Waals surface area contributed by atoms with E-state index in [2.05, 4.69) is 4.18 Å². The minimum Gasteiger partial charge on any atom is -0.429 e. The van der Waals surface area contributed by atoms with Crippen molar-refractivity contribution >= 4 is 16.3 Å². The van der Waals surface area contributed by atoms with Crippen LogP contribution in [0.3, 0.4) is 0 Å². The summed E-state index contributed by atoms with van der Waals surface area (Å²) in [6.45, 7) is 3.21. The van der Waals surface area contributed by atoms with E-state index in [1.54, 1.807) is 49.4 Å². The molecule has 0 saturated heterocycles. The SMILES string of the molecule is CC1C=CC=CC1(C)S(=O)(=O)OC(=O)OCc1ccccc1. The Hall–Kier alpha value is -2.08. The summed E-state index contributed by atoms with van der Waals surface area (Å²) in [6.07, 6.45) is 5.42. The molecule has 0 aliphatic heterocycles. The quantitative estimate of drug-likeness (QED) is 0.629. The van der Waals surface area contributed by atoms with Crippen LogP contribution in [0.1, 0.15) is 19.4 Å². The topological polar surface area (TPSA) is 69.7 Å². The van der Waals surface area contributed by atoms with Gasteiger partial charge in [-0.05, 0) is 12.5 Å². The molecule has 1 aromatic rings. The molecule has 0 N–H and O–H groups in total. The first-order valence-electron chi connectivity index (χ1n) is 6.86. The van der Waals surface area contributed by atoms with Gasteiger partial charge in [0, 0.05) is 5.92 Å². The van der Waals surface area contributed by atoms with Gasteiger partial charge in [0.1, 0.15) is 11.4 Å². The first kappa shape index (κ1) is 16.3. The van der Waals surface area contributed by atoms with E-state index in [-0.39, 0.29) is 12.5 Å². The first-order valence-corrected chi connectivity index (χ1v) is 8.27. The van der Waals surface area contributed by atoms with Gasteiger partial charge in [0.15, 0.2) is 0 Å². The third-order valence-electron chi connectivity index (χ3n) is 3.76. The monoisotopic (exact) mass is 322 g/mol. The van der Waals surface area contributed by atoms with Gasteiger partial charge >= 0.3 is 16.3 Å². The molecule has 2 atom stereocenters. The van der Waals surface area contributed by atoms with Crippen LogP contribution < -0.4 is 0 Å². The molecule has 0 radical (unpaired) electrons. The number of hydrogen-bond donors (Lipinski definition) is 0. The zero-order chi connectivity index (χ0) is 16.2. The van der Waals surface area contributed by atoms with Gasteiger partial charge < -0.3 is 8.92 Å². The Morgan fingerprint density at radius 3 is 2.55 bits per heavy atom. The van der Waals surface area contributed by atoms with Gasteiger partial charge in [-0.25, -0.2) is 4.79 Å². The van der Waals surface area contributed by atoms with Crippen LogP contribution in [0.15, 0.2) is 54.6 Å². The second kappa shape index (κ2) is 6.36. The van der Waals surface area contributed by atoms with Gasteiger partial charge in [-0.2, -0.15) is 8.42 Å². The summed E-state index contributed by atoms with van der Waals surface area (Å²) < 4.78 is 32.8. The lowest BCUT2D eigenvalue weighted by Crippen LogP contribution is -2.42. The lowest BCUT2D eigenvalue weighted by molar-refractivity contribution is 0.0937. The molecule has 0 amide bonds. The average molecular weight is 322 g/mol. The molecule has 0 fully saturated rings. The first-order chi connectivity index (χ1) is 10.3. The van der Waals surface area contributed by atoms with Crippen LogP contribution in [0.25, 0.3) is 0 Å². The van der Waals surface area contributed by atoms with Crippen LogP contribution in [-0.4, -0.2) is 19.3 Å². The minimum absolute atomic E-state index is 0.0444. The van der Waals surface area contributed by atoms with Crippen molar-refractivity contribution in [2.75, 3.05) is 0 Å². The number of benzene rings is 1. The Morgan fingerprint density at radius 1 is 1.23 bits per heavy atom. The van der Waals surface area contributed by atoms with E-state index in [1.165, 1.54) is 13.0 Å². The molecule has 0 bridgehead atoms. The van der Waals surface area contributed by atoms with E-state index < -0.39 is 21.0 Å². The highest BCUT2D eigenvalue weighted by molar-refractivity contribution is 7.88. The molecule has 0 saturated carbocycles. The molecular weight excluding hydrogens is 304 g/mol. The zero-order valence-electron chi connectivity index (χ0n) is 12.4. The average Bonchev–Trinajstić information content (AvgIpc) is 2.49. The molecule has 0 spiro atoms. The third kappa shape index (κ3) is 3.39. The standard InChI is InChI=1S/C16H18O5S/c1-13-8-6-7-11-16(13,2)22(18,19)21-15(17)20-12-14-9-4-3-5-10-14/h3-11,13H,12H2,1-2H3. The number of ether oxygens (including phenoxy) is 1. The van der Waals surface area contributed by atoms with Crippen LogP contribution in [0, 0.1) is 5.92 Å². The molecule has 1 aliphatic carbocycles. The number of allylic oxidation sites excluding steroid dienone is 3. The van der Waals surface area contributed by atoms with E-state index in [4.69, 9.17) is 4.74 Å². The van der Waals surface area contributed by atoms with Gasteiger partial charge in [0.25, 0.3) is 0 Å². The van der Waals surface area contributed by atoms with Crippen molar-refractivity contribution in [3.63, 3.8) is 0 Å². The van der Waals surface area contributed by atoms with Crippen LogP contribution in [-0.2, 0) is 25.6 Å². The number of carbonyl (C=O) groups is 1. The van der Waals surface area contributed by atoms with Crippen molar-refractivity contribution in [3.8, 4) is 0 Å². The highest BCUT2D eigenvalue weighted by Crippen LogP contribution is 2.33. The van der Waals surface area contributed by atoms with E-state index >= 15 is 0 Å². The Labute approximate surface area is 130 Å². The highest BCUT2D eigenvalue weighted by atomic mass is 32.2. The number of carbonyl (C=O) groups excluding carboxylic acids is 1. The summed E-state index contributed by atoms with van der Waals surface area (Å²) in [6, 6.07) is 8.95. The molecule has 118 valence electrons. The molecule has 2 rings (SSSR count). The molecule has 0 aromatic heterocycles. The minimum atomic E-state index is -4.15. The summed E-state index contributed by atoms with van der Waals surface area (Å²) in [5.41, 5.74) is 0.747. The lowest BCUT2D eigenvalue weighted by Gasteiger charge is -2.30. The van der Waals surface area contributed by atoms with E-state index in [1.807, 2.05) is 6.07 Å². The maximum Gasteiger partial charge on any atom is 0.524 e. The Balaban J connectivity index is 2.01. The maximum absolute atomic E-state index is 12.3. The zero-order valence-corrected chi connectivity index (χ0v) is 13.2. The van der Waals surface area contributed by atoms with E-state index in [0.29, 0.717) is 0 Å². The van der Waals surface area contributed by atoms with Gasteiger partial charge in [-0.3, -0.25) is 0 Å². The van der Waals surface area contributed by atoms with E-state index in [9.17, 15) is 13.2 Å². The third-order valence-corrected chi connectivity index (χ3v) is 5.70. The van der Waals surface area contributed by atoms with Crippen LogP contribution in [0.4, 0.5) is 4.79 Å². The van der Waals surface area contributed by atoms with Gasteiger partial charge in [-0.1, -0.05) is 61.6 Å². The van der Waals surface area contributed by atoms with E-state index in [0.717, 1.165) is 5.56 Å². The second-order valence-corrected chi connectivity index (χ2v) is 7.23. The largest absolute Gasteiger partial charge is 0.524 e. The summed E-state index contributed by atoms with van der Waals surface area (Å²) in [5.74, 6) is -0.315. The van der Waals surface area contributed by atoms with Crippen molar-refractivity contribution in [2.24, 2.45) is 5.92 Å². The fraction of sp³-hybridized carbons (Fsp3) is 0.312. The number of hydrogen-bond acceptors (Lipinski definition) is 5. The Morgan fingerprint density at radius 2 is 1.91 bits per heavy atom. The summed E-state index contributed by atoms with van der Waals surface area (Å²) in [5, 5.41) is 0. The Bertz CT molecular complexity index is 691. The second-order valence-electron chi connectivity index (χ2n) is 5.28.